The van der Waals surface area contributed by atoms with Crippen molar-refractivity contribution in [3.63, 3.8) is 0 Å². The summed E-state index contributed by atoms with van der Waals surface area (Å²) in [4.78, 5) is 14.5. The van der Waals surface area contributed by atoms with Gasteiger partial charge < -0.3 is 4.90 Å². The molecule has 0 N–H and O–H groups in total. The lowest BCUT2D eigenvalue weighted by molar-refractivity contribution is 0.0697. The topological polar surface area (TPSA) is 75.5 Å². The summed E-state index contributed by atoms with van der Waals surface area (Å²) in [5, 5.41) is 4.93. The standard InChI is InChI=1S/C21H20ClFN4O3S/c1-15-20(14-24-27(15)18-7-5-16(22)6-8-18)21(28)25-9-11-26(12-10-25)31(29,30)19-4-2-3-17(23)13-19/h2-8,13-14H,9-12H2,1H3. The van der Waals surface area contributed by atoms with Gasteiger partial charge in [-0.2, -0.15) is 9.40 Å². The fraction of sp³-hybridized carbons (Fsp3) is 0.238. The molecule has 1 aromatic heterocycles. The minimum atomic E-state index is -3.81. The number of hydrogen-bond donors (Lipinski definition) is 0. The molecule has 0 saturated carbocycles. The van der Waals surface area contributed by atoms with Gasteiger partial charge in [-0.15, -0.1) is 0 Å². The highest BCUT2D eigenvalue weighted by Crippen LogP contribution is 2.21. The highest BCUT2D eigenvalue weighted by molar-refractivity contribution is 7.89. The molecule has 1 aliphatic heterocycles. The number of halogens is 2. The third-order valence-electron chi connectivity index (χ3n) is 5.27. The van der Waals surface area contributed by atoms with E-state index in [-0.39, 0.29) is 37.0 Å². The molecule has 0 spiro atoms. The lowest BCUT2D eigenvalue weighted by Gasteiger charge is -2.34. The molecule has 31 heavy (non-hydrogen) atoms. The molecule has 162 valence electrons. The van der Waals surface area contributed by atoms with Gasteiger partial charge in [0.2, 0.25) is 10.0 Å². The SMILES string of the molecule is Cc1c(C(=O)N2CCN(S(=O)(=O)c3cccc(F)c3)CC2)cnn1-c1ccc(Cl)cc1. The van der Waals surface area contributed by atoms with Crippen LogP contribution >= 0.6 is 11.6 Å². The van der Waals surface area contributed by atoms with E-state index < -0.39 is 15.8 Å². The van der Waals surface area contributed by atoms with Crippen LogP contribution in [-0.4, -0.2) is 59.5 Å². The third kappa shape index (κ3) is 4.21. The van der Waals surface area contributed by atoms with Crippen molar-refractivity contribution in [3.8, 4) is 5.69 Å². The summed E-state index contributed by atoms with van der Waals surface area (Å²) in [6, 6.07) is 12.0. The molecular weight excluding hydrogens is 443 g/mol. The second kappa shape index (κ2) is 8.41. The van der Waals surface area contributed by atoms with Crippen LogP contribution in [0.25, 0.3) is 5.69 Å². The Bertz CT molecular complexity index is 1220. The molecule has 1 fully saturated rings. The molecule has 3 aromatic rings. The van der Waals surface area contributed by atoms with Crippen LogP contribution in [0.4, 0.5) is 4.39 Å². The fourth-order valence-corrected chi connectivity index (χ4v) is 5.12. The maximum Gasteiger partial charge on any atom is 0.257 e. The van der Waals surface area contributed by atoms with Crippen LogP contribution < -0.4 is 0 Å². The Morgan fingerprint density at radius 3 is 2.39 bits per heavy atom. The van der Waals surface area contributed by atoms with E-state index in [4.69, 9.17) is 11.6 Å². The Balaban J connectivity index is 1.47. The normalized spacial score (nSPS) is 15.3. The summed E-state index contributed by atoms with van der Waals surface area (Å²) in [5.41, 5.74) is 1.92. The van der Waals surface area contributed by atoms with E-state index in [1.165, 1.54) is 28.7 Å². The van der Waals surface area contributed by atoms with Crippen LogP contribution in [0.5, 0.6) is 0 Å². The molecular formula is C21H20ClFN4O3S. The van der Waals surface area contributed by atoms with Crippen LogP contribution in [0.15, 0.2) is 59.6 Å². The summed E-state index contributed by atoms with van der Waals surface area (Å²) >= 11 is 5.93. The number of carbonyl (C=O) groups is 1. The zero-order valence-electron chi connectivity index (χ0n) is 16.7. The number of rotatable bonds is 4. The van der Waals surface area contributed by atoms with Crippen LogP contribution in [0.2, 0.25) is 5.02 Å². The second-order valence-corrected chi connectivity index (χ2v) is 9.56. The van der Waals surface area contributed by atoms with Crippen molar-refractivity contribution >= 4 is 27.5 Å². The van der Waals surface area contributed by atoms with E-state index in [0.29, 0.717) is 16.3 Å². The van der Waals surface area contributed by atoms with Crippen LogP contribution in [0.3, 0.4) is 0 Å². The molecule has 10 heteroatoms. The van der Waals surface area contributed by atoms with E-state index in [1.807, 2.05) is 12.1 Å². The van der Waals surface area contributed by atoms with Gasteiger partial charge in [0.15, 0.2) is 0 Å². The highest BCUT2D eigenvalue weighted by atomic mass is 35.5. The second-order valence-electron chi connectivity index (χ2n) is 7.19. The van der Waals surface area contributed by atoms with Crippen molar-refractivity contribution in [3.05, 3.63) is 76.8 Å². The molecule has 4 rings (SSSR count). The van der Waals surface area contributed by atoms with Gasteiger partial charge in [-0.3, -0.25) is 4.79 Å². The first-order chi connectivity index (χ1) is 14.8. The van der Waals surface area contributed by atoms with Gasteiger partial charge in [0, 0.05) is 31.2 Å². The average Bonchev–Trinajstić information content (AvgIpc) is 3.15. The van der Waals surface area contributed by atoms with Crippen molar-refractivity contribution in [1.82, 2.24) is 19.0 Å². The van der Waals surface area contributed by atoms with Gasteiger partial charge in [0.1, 0.15) is 5.82 Å². The summed E-state index contributed by atoms with van der Waals surface area (Å²) < 4.78 is 41.9. The van der Waals surface area contributed by atoms with Gasteiger partial charge in [-0.05, 0) is 49.4 Å². The van der Waals surface area contributed by atoms with Crippen molar-refractivity contribution in [2.75, 3.05) is 26.2 Å². The number of hydrogen-bond acceptors (Lipinski definition) is 4. The maximum atomic E-state index is 13.5. The van der Waals surface area contributed by atoms with Gasteiger partial charge in [-0.1, -0.05) is 17.7 Å². The van der Waals surface area contributed by atoms with E-state index in [2.05, 4.69) is 5.10 Å². The number of piperazine rings is 1. The predicted octanol–water partition coefficient (Wildman–Crippen LogP) is 3.12. The van der Waals surface area contributed by atoms with Gasteiger partial charge in [0.25, 0.3) is 5.91 Å². The lowest BCUT2D eigenvalue weighted by Crippen LogP contribution is -2.50. The Labute approximate surface area is 184 Å². The van der Waals surface area contributed by atoms with E-state index >= 15 is 0 Å². The van der Waals surface area contributed by atoms with E-state index in [0.717, 1.165) is 11.8 Å². The van der Waals surface area contributed by atoms with Crippen molar-refractivity contribution in [1.29, 1.82) is 0 Å². The summed E-state index contributed by atoms with van der Waals surface area (Å²) in [5.74, 6) is -0.816. The highest BCUT2D eigenvalue weighted by Gasteiger charge is 2.31. The Morgan fingerprint density at radius 2 is 1.74 bits per heavy atom. The molecule has 1 saturated heterocycles. The minimum absolute atomic E-state index is 0.0904. The molecule has 0 aliphatic carbocycles. The number of aromatic nitrogens is 2. The van der Waals surface area contributed by atoms with Crippen LogP contribution in [-0.2, 0) is 10.0 Å². The summed E-state index contributed by atoms with van der Waals surface area (Å²) in [7, 11) is -3.81. The predicted molar refractivity (Wildman–Crippen MR) is 114 cm³/mol. The quantitative estimate of drug-likeness (QED) is 0.597. The van der Waals surface area contributed by atoms with Gasteiger partial charge in [-0.25, -0.2) is 17.5 Å². The number of amides is 1. The first-order valence-electron chi connectivity index (χ1n) is 9.63. The van der Waals surface area contributed by atoms with Crippen LogP contribution in [0.1, 0.15) is 16.1 Å². The van der Waals surface area contributed by atoms with Crippen molar-refractivity contribution < 1.29 is 17.6 Å². The Hall–Kier alpha value is -2.75. The number of nitrogens with zero attached hydrogens (tertiary/aromatic N) is 4. The molecule has 2 heterocycles. The molecule has 7 nitrogen and oxygen atoms in total. The van der Waals surface area contributed by atoms with Gasteiger partial charge >= 0.3 is 0 Å². The van der Waals surface area contributed by atoms with E-state index in [9.17, 15) is 17.6 Å². The molecule has 1 aliphatic rings. The molecule has 2 aromatic carbocycles. The zero-order valence-corrected chi connectivity index (χ0v) is 18.3. The molecule has 0 bridgehead atoms. The van der Waals surface area contributed by atoms with Crippen molar-refractivity contribution in [2.24, 2.45) is 0 Å². The zero-order chi connectivity index (χ0) is 22.2. The van der Waals surface area contributed by atoms with Crippen molar-refractivity contribution in [2.45, 2.75) is 11.8 Å². The lowest BCUT2D eigenvalue weighted by atomic mass is 10.2. The number of sulfonamides is 1. The molecule has 1 amide bonds. The molecule has 0 unspecified atom stereocenters. The monoisotopic (exact) mass is 462 g/mol. The Kier molecular flexibility index (Phi) is 5.83. The van der Waals surface area contributed by atoms with Gasteiger partial charge in [0.05, 0.1) is 28.0 Å². The maximum absolute atomic E-state index is 13.5. The third-order valence-corrected chi connectivity index (χ3v) is 7.42. The number of carbonyl (C=O) groups excluding carboxylic acids is 1. The fourth-order valence-electron chi connectivity index (χ4n) is 3.54. The smallest absolute Gasteiger partial charge is 0.257 e. The largest absolute Gasteiger partial charge is 0.336 e. The summed E-state index contributed by atoms with van der Waals surface area (Å²) in [6.07, 6.45) is 1.52. The minimum Gasteiger partial charge on any atom is -0.336 e. The molecule has 0 atom stereocenters. The average molecular weight is 463 g/mol. The van der Waals surface area contributed by atoms with Crippen LogP contribution in [0, 0.1) is 12.7 Å². The van der Waals surface area contributed by atoms with E-state index in [1.54, 1.807) is 28.6 Å². The molecule has 0 radical (unpaired) electrons. The summed E-state index contributed by atoms with van der Waals surface area (Å²) in [6.45, 7) is 2.54. The first kappa shape index (κ1) is 21.5. The Morgan fingerprint density at radius 1 is 1.06 bits per heavy atom. The first-order valence-corrected chi connectivity index (χ1v) is 11.4. The number of benzene rings is 2.